The molecule has 0 aromatic carbocycles. The number of nitrogens with two attached hydrogens (primary N) is 1. The molecular formula is C14H22N2O2. The number of hydrogen-bond acceptors (Lipinski definition) is 4. The molecule has 1 aliphatic rings. The molecule has 1 aromatic heterocycles. The molecule has 4 nitrogen and oxygen atoms in total. The van der Waals surface area contributed by atoms with Gasteiger partial charge in [0, 0.05) is 19.3 Å². The SMILES string of the molecule is CC[C@@H](N)c1ccc(OCC2CCOCC2)cn1. The van der Waals surface area contributed by atoms with Crippen molar-refractivity contribution in [1.29, 1.82) is 0 Å². The van der Waals surface area contributed by atoms with Gasteiger partial charge < -0.3 is 15.2 Å². The molecule has 2 N–H and O–H groups in total. The fourth-order valence-electron chi connectivity index (χ4n) is 2.03. The van der Waals surface area contributed by atoms with Gasteiger partial charge in [-0.3, -0.25) is 4.98 Å². The zero-order valence-electron chi connectivity index (χ0n) is 11.0. The summed E-state index contributed by atoms with van der Waals surface area (Å²) in [6.45, 7) is 4.53. The minimum Gasteiger partial charge on any atom is -0.492 e. The Balaban J connectivity index is 1.82. The average Bonchev–Trinajstić information content (AvgIpc) is 2.46. The fraction of sp³-hybridized carbons (Fsp3) is 0.643. The van der Waals surface area contributed by atoms with E-state index in [1.54, 1.807) is 6.20 Å². The van der Waals surface area contributed by atoms with Gasteiger partial charge >= 0.3 is 0 Å². The number of pyridine rings is 1. The third kappa shape index (κ3) is 3.68. The van der Waals surface area contributed by atoms with Crippen molar-refractivity contribution >= 4 is 0 Å². The van der Waals surface area contributed by atoms with Gasteiger partial charge in [-0.15, -0.1) is 0 Å². The standard InChI is InChI=1S/C14H22N2O2/c1-2-13(15)14-4-3-12(9-16-14)18-10-11-5-7-17-8-6-11/h3-4,9,11,13H,2,5-8,10,15H2,1H3/t13-/m1/s1. The van der Waals surface area contributed by atoms with Crippen molar-refractivity contribution in [2.75, 3.05) is 19.8 Å². The summed E-state index contributed by atoms with van der Waals surface area (Å²) in [5.41, 5.74) is 6.84. The molecule has 18 heavy (non-hydrogen) atoms. The Bertz CT molecular complexity index is 347. The van der Waals surface area contributed by atoms with E-state index < -0.39 is 0 Å². The van der Waals surface area contributed by atoms with Crippen LogP contribution >= 0.6 is 0 Å². The molecule has 2 heterocycles. The second-order valence-corrected chi connectivity index (χ2v) is 4.80. The molecule has 0 radical (unpaired) electrons. The van der Waals surface area contributed by atoms with Crippen LogP contribution in [0.25, 0.3) is 0 Å². The first-order valence-corrected chi connectivity index (χ1v) is 6.71. The molecule has 0 saturated carbocycles. The van der Waals surface area contributed by atoms with E-state index in [4.69, 9.17) is 15.2 Å². The molecule has 0 amide bonds. The molecule has 1 aliphatic heterocycles. The van der Waals surface area contributed by atoms with Gasteiger partial charge in [0.05, 0.1) is 18.5 Å². The van der Waals surface area contributed by atoms with Gasteiger partial charge in [-0.05, 0) is 37.3 Å². The van der Waals surface area contributed by atoms with Crippen LogP contribution < -0.4 is 10.5 Å². The molecule has 4 heteroatoms. The van der Waals surface area contributed by atoms with Crippen LogP contribution in [0.4, 0.5) is 0 Å². The molecular weight excluding hydrogens is 228 g/mol. The second kappa shape index (κ2) is 6.71. The van der Waals surface area contributed by atoms with E-state index >= 15 is 0 Å². The van der Waals surface area contributed by atoms with Crippen molar-refractivity contribution in [3.05, 3.63) is 24.0 Å². The normalized spacial score (nSPS) is 18.6. The number of hydrogen-bond donors (Lipinski definition) is 1. The lowest BCUT2D eigenvalue weighted by atomic mass is 10.0. The average molecular weight is 250 g/mol. The Morgan fingerprint density at radius 3 is 2.83 bits per heavy atom. The Labute approximate surface area is 108 Å². The number of aromatic nitrogens is 1. The summed E-state index contributed by atoms with van der Waals surface area (Å²) in [6, 6.07) is 3.93. The summed E-state index contributed by atoms with van der Waals surface area (Å²) in [4.78, 5) is 4.34. The lowest BCUT2D eigenvalue weighted by Crippen LogP contribution is -2.21. The van der Waals surface area contributed by atoms with E-state index in [2.05, 4.69) is 11.9 Å². The molecule has 100 valence electrons. The second-order valence-electron chi connectivity index (χ2n) is 4.80. The lowest BCUT2D eigenvalue weighted by Gasteiger charge is -2.22. The van der Waals surface area contributed by atoms with Gasteiger partial charge in [-0.1, -0.05) is 6.92 Å². The minimum absolute atomic E-state index is 0.0227. The van der Waals surface area contributed by atoms with E-state index in [1.807, 2.05) is 12.1 Å². The fourth-order valence-corrected chi connectivity index (χ4v) is 2.03. The Hall–Kier alpha value is -1.13. The van der Waals surface area contributed by atoms with Crippen LogP contribution in [0.2, 0.25) is 0 Å². The Morgan fingerprint density at radius 1 is 1.44 bits per heavy atom. The minimum atomic E-state index is 0.0227. The molecule has 1 fully saturated rings. The van der Waals surface area contributed by atoms with Crippen molar-refractivity contribution in [3.63, 3.8) is 0 Å². The zero-order chi connectivity index (χ0) is 12.8. The monoisotopic (exact) mass is 250 g/mol. The predicted octanol–water partition coefficient (Wildman–Crippen LogP) is 2.30. The van der Waals surface area contributed by atoms with E-state index in [0.29, 0.717) is 5.92 Å². The van der Waals surface area contributed by atoms with Crippen molar-refractivity contribution < 1.29 is 9.47 Å². The Kier molecular flexibility index (Phi) is 4.96. The van der Waals surface area contributed by atoms with Crippen molar-refractivity contribution in [2.24, 2.45) is 11.7 Å². The van der Waals surface area contributed by atoms with Gasteiger partial charge in [0.2, 0.25) is 0 Å². The van der Waals surface area contributed by atoms with Gasteiger partial charge in [0.25, 0.3) is 0 Å². The van der Waals surface area contributed by atoms with Crippen molar-refractivity contribution in [1.82, 2.24) is 4.98 Å². The van der Waals surface area contributed by atoms with Crippen molar-refractivity contribution in [2.45, 2.75) is 32.2 Å². The summed E-state index contributed by atoms with van der Waals surface area (Å²) >= 11 is 0. The van der Waals surface area contributed by atoms with Crippen LogP contribution in [0.1, 0.15) is 37.9 Å². The maximum Gasteiger partial charge on any atom is 0.137 e. The van der Waals surface area contributed by atoms with Crippen molar-refractivity contribution in [3.8, 4) is 5.75 Å². The first-order chi connectivity index (χ1) is 8.79. The molecule has 0 unspecified atom stereocenters. The third-order valence-corrected chi connectivity index (χ3v) is 3.41. The number of rotatable bonds is 5. The van der Waals surface area contributed by atoms with Crippen LogP contribution in [0.3, 0.4) is 0 Å². The summed E-state index contributed by atoms with van der Waals surface area (Å²) in [5, 5.41) is 0. The van der Waals surface area contributed by atoms with Crippen LogP contribution in [-0.4, -0.2) is 24.8 Å². The molecule has 0 aliphatic carbocycles. The highest BCUT2D eigenvalue weighted by atomic mass is 16.5. The summed E-state index contributed by atoms with van der Waals surface area (Å²) in [7, 11) is 0. The van der Waals surface area contributed by atoms with E-state index in [9.17, 15) is 0 Å². The maximum atomic E-state index is 5.92. The quantitative estimate of drug-likeness (QED) is 0.871. The van der Waals surface area contributed by atoms with Crippen LogP contribution in [0.5, 0.6) is 5.75 Å². The van der Waals surface area contributed by atoms with Gasteiger partial charge in [-0.25, -0.2) is 0 Å². The lowest BCUT2D eigenvalue weighted by molar-refractivity contribution is 0.0497. The van der Waals surface area contributed by atoms with Crippen LogP contribution in [0, 0.1) is 5.92 Å². The van der Waals surface area contributed by atoms with E-state index in [-0.39, 0.29) is 6.04 Å². The summed E-state index contributed by atoms with van der Waals surface area (Å²) in [5.74, 6) is 1.44. The number of ether oxygens (including phenoxy) is 2. The summed E-state index contributed by atoms with van der Waals surface area (Å²) < 4.78 is 11.1. The largest absolute Gasteiger partial charge is 0.492 e. The number of nitrogens with zero attached hydrogens (tertiary/aromatic N) is 1. The topological polar surface area (TPSA) is 57.4 Å². The highest BCUT2D eigenvalue weighted by molar-refractivity contribution is 5.21. The zero-order valence-corrected chi connectivity index (χ0v) is 11.0. The molecule has 0 spiro atoms. The van der Waals surface area contributed by atoms with Gasteiger partial charge in [0.15, 0.2) is 0 Å². The molecule has 2 rings (SSSR count). The van der Waals surface area contributed by atoms with E-state index in [1.165, 1.54) is 0 Å². The summed E-state index contributed by atoms with van der Waals surface area (Å²) in [6.07, 6.45) is 4.85. The van der Waals surface area contributed by atoms with E-state index in [0.717, 1.165) is 50.5 Å². The van der Waals surface area contributed by atoms with Crippen LogP contribution in [-0.2, 0) is 4.74 Å². The van der Waals surface area contributed by atoms with Gasteiger partial charge in [0.1, 0.15) is 5.75 Å². The molecule has 1 aromatic rings. The smallest absolute Gasteiger partial charge is 0.137 e. The first-order valence-electron chi connectivity index (χ1n) is 6.71. The highest BCUT2D eigenvalue weighted by Gasteiger charge is 2.14. The van der Waals surface area contributed by atoms with Crippen LogP contribution in [0.15, 0.2) is 18.3 Å². The highest BCUT2D eigenvalue weighted by Crippen LogP contribution is 2.19. The maximum absolute atomic E-state index is 5.92. The molecule has 1 saturated heterocycles. The molecule has 1 atom stereocenters. The third-order valence-electron chi connectivity index (χ3n) is 3.41. The van der Waals surface area contributed by atoms with Gasteiger partial charge in [-0.2, -0.15) is 0 Å². The Morgan fingerprint density at radius 2 is 2.22 bits per heavy atom. The predicted molar refractivity (Wildman–Crippen MR) is 70.5 cm³/mol. The first kappa shape index (κ1) is 13.3. The molecule has 0 bridgehead atoms.